The number of anilines is 2. The summed E-state index contributed by atoms with van der Waals surface area (Å²) in [6, 6.07) is 17.6. The number of nitrogens with zero attached hydrogens (tertiary/aromatic N) is 2. The summed E-state index contributed by atoms with van der Waals surface area (Å²) >= 11 is 13.0. The average Bonchev–Trinajstić information content (AvgIpc) is 3.47. The number of nitrogens with one attached hydrogen (secondary N) is 1. The maximum Gasteiger partial charge on any atom is 0.335 e. The van der Waals surface area contributed by atoms with Gasteiger partial charge >= 0.3 is 5.97 Å². The van der Waals surface area contributed by atoms with E-state index in [9.17, 15) is 9.90 Å². The van der Waals surface area contributed by atoms with E-state index in [1.807, 2.05) is 18.2 Å². The predicted molar refractivity (Wildman–Crippen MR) is 145 cm³/mol. The number of rotatable bonds is 8. The van der Waals surface area contributed by atoms with E-state index in [0.717, 1.165) is 5.71 Å². The predicted octanol–water partition coefficient (Wildman–Crippen LogP) is 7.58. The zero-order valence-corrected chi connectivity index (χ0v) is 21.8. The van der Waals surface area contributed by atoms with Crippen LogP contribution in [0.4, 0.5) is 11.4 Å². The molecule has 1 aromatic heterocycles. The highest BCUT2D eigenvalue weighted by molar-refractivity contribution is 6.40. The average molecular weight is 538 g/mol. The van der Waals surface area contributed by atoms with Crippen LogP contribution in [-0.2, 0) is 11.3 Å². The van der Waals surface area contributed by atoms with E-state index in [4.69, 9.17) is 37.4 Å². The third-order valence-electron chi connectivity index (χ3n) is 6.41. The lowest BCUT2D eigenvalue weighted by Gasteiger charge is -2.22. The molecule has 0 saturated carbocycles. The minimum absolute atomic E-state index is 0.0382. The number of aromatic nitrogens is 1. The maximum atomic E-state index is 11.3. The second-order valence-corrected chi connectivity index (χ2v) is 10.1. The number of para-hydroxylation sites is 1. The first kappa shape index (κ1) is 25.1. The number of hydrogen-bond donors (Lipinski definition) is 2. The number of carbonyl (C=O) groups is 1. The van der Waals surface area contributed by atoms with Crippen molar-refractivity contribution in [1.29, 1.82) is 0 Å². The minimum atomic E-state index is -0.986. The Hall–Kier alpha value is -3.55. The largest absolute Gasteiger partial charge is 0.478 e. The number of halogens is 2. The minimum Gasteiger partial charge on any atom is -0.478 e. The molecule has 2 N–H and O–H groups in total. The first-order valence-electron chi connectivity index (χ1n) is 12.0. The molecule has 0 amide bonds. The van der Waals surface area contributed by atoms with Gasteiger partial charge in [-0.25, -0.2) is 9.78 Å². The van der Waals surface area contributed by atoms with Crippen molar-refractivity contribution in [3.63, 3.8) is 0 Å². The zero-order valence-electron chi connectivity index (χ0n) is 20.2. The number of aryl methyl sites for hydroxylation is 1. The van der Waals surface area contributed by atoms with E-state index in [1.165, 1.54) is 0 Å². The van der Waals surface area contributed by atoms with Crippen molar-refractivity contribution < 1.29 is 19.2 Å². The summed E-state index contributed by atoms with van der Waals surface area (Å²) in [6.45, 7) is 4.20. The fourth-order valence-corrected chi connectivity index (χ4v) is 5.23. The quantitative estimate of drug-likeness (QED) is 0.240. The number of oxazole rings is 1. The van der Waals surface area contributed by atoms with Crippen molar-refractivity contribution in [2.24, 2.45) is 17.0 Å². The Balaban J connectivity index is 1.39. The molecule has 2 unspecified atom stereocenters. The molecule has 9 heteroatoms. The molecule has 0 aliphatic carbocycles. The molecule has 7 nitrogen and oxygen atoms in total. The van der Waals surface area contributed by atoms with Crippen molar-refractivity contribution in [3.05, 3.63) is 87.7 Å². The third-order valence-corrected chi connectivity index (χ3v) is 7.04. The van der Waals surface area contributed by atoms with Gasteiger partial charge in [0.25, 0.3) is 0 Å². The second-order valence-electron chi connectivity index (χ2n) is 9.30. The van der Waals surface area contributed by atoms with E-state index < -0.39 is 5.97 Å². The summed E-state index contributed by atoms with van der Waals surface area (Å²) in [5, 5.41) is 18.0. The lowest BCUT2D eigenvalue weighted by molar-refractivity contribution is 0.0263. The molecule has 37 heavy (non-hydrogen) atoms. The van der Waals surface area contributed by atoms with Gasteiger partial charge in [0.05, 0.1) is 27.0 Å². The molecule has 4 aromatic rings. The Bertz CT molecular complexity index is 1480. The number of aromatic carboxylic acids is 1. The number of oxime groups is 1. The van der Waals surface area contributed by atoms with Gasteiger partial charge in [0.2, 0.25) is 0 Å². The van der Waals surface area contributed by atoms with Gasteiger partial charge in [-0.3, -0.25) is 0 Å². The van der Waals surface area contributed by atoms with Crippen LogP contribution >= 0.6 is 23.2 Å². The van der Waals surface area contributed by atoms with Crippen LogP contribution in [0.1, 0.15) is 42.1 Å². The molecule has 3 aromatic carbocycles. The lowest BCUT2D eigenvalue weighted by Crippen LogP contribution is -2.29. The van der Waals surface area contributed by atoms with Crippen LogP contribution in [0.2, 0.25) is 10.0 Å². The van der Waals surface area contributed by atoms with Crippen LogP contribution in [0, 0.1) is 11.8 Å². The lowest BCUT2D eigenvalue weighted by atomic mass is 9.84. The molecular formula is C28H25Cl2N3O4. The van der Waals surface area contributed by atoms with Gasteiger partial charge < -0.3 is 19.7 Å². The molecule has 1 aliphatic rings. The van der Waals surface area contributed by atoms with Gasteiger partial charge in [0, 0.05) is 23.6 Å². The molecule has 0 fully saturated rings. The number of carboxylic acid groups (broad SMARTS) is 1. The van der Waals surface area contributed by atoms with Gasteiger partial charge in [-0.15, -0.1) is 0 Å². The Labute approximate surface area is 224 Å². The number of fused-ring (bicyclic) bond motifs is 1. The Morgan fingerprint density at radius 3 is 2.54 bits per heavy atom. The molecular weight excluding hydrogens is 513 g/mol. The van der Waals surface area contributed by atoms with Gasteiger partial charge in [-0.1, -0.05) is 60.4 Å². The molecule has 0 bridgehead atoms. The van der Waals surface area contributed by atoms with Crippen molar-refractivity contribution in [3.8, 4) is 0 Å². The van der Waals surface area contributed by atoms with Crippen LogP contribution in [0.25, 0.3) is 11.1 Å². The normalized spacial score (nSPS) is 17.2. The Morgan fingerprint density at radius 2 is 1.81 bits per heavy atom. The second kappa shape index (κ2) is 10.4. The van der Waals surface area contributed by atoms with E-state index in [1.54, 1.807) is 42.5 Å². The fraction of sp³-hybridized carbons (Fsp3) is 0.250. The summed E-state index contributed by atoms with van der Waals surface area (Å²) < 4.78 is 6.17. The highest BCUT2D eigenvalue weighted by Crippen LogP contribution is 2.37. The smallest absolute Gasteiger partial charge is 0.335 e. The summed E-state index contributed by atoms with van der Waals surface area (Å²) in [5.41, 5.74) is 4.30. The van der Waals surface area contributed by atoms with Gasteiger partial charge in [0.1, 0.15) is 11.6 Å². The number of benzene rings is 3. The van der Waals surface area contributed by atoms with E-state index in [0.29, 0.717) is 56.8 Å². The summed E-state index contributed by atoms with van der Waals surface area (Å²) in [7, 11) is 0. The fourth-order valence-electron chi connectivity index (χ4n) is 4.64. The number of hydrogen-bond acceptors (Lipinski definition) is 6. The van der Waals surface area contributed by atoms with Gasteiger partial charge in [-0.05, 0) is 54.8 Å². The number of carboxylic acids is 1. The van der Waals surface area contributed by atoms with Crippen molar-refractivity contribution in [2.45, 2.75) is 32.8 Å². The first-order chi connectivity index (χ1) is 17.8. The maximum absolute atomic E-state index is 11.3. The van der Waals surface area contributed by atoms with Crippen LogP contribution in [0.5, 0.6) is 0 Å². The van der Waals surface area contributed by atoms with Crippen molar-refractivity contribution in [1.82, 2.24) is 4.98 Å². The SMILES string of the molecule is CC(C)C1ON=C(c2c(Cl)cccc2Cl)C1CCc1nc2cccc(Nc3cccc(C(=O)O)c3)c2o1. The van der Waals surface area contributed by atoms with Gasteiger partial charge in [-0.2, -0.15) is 0 Å². The van der Waals surface area contributed by atoms with Crippen LogP contribution < -0.4 is 5.32 Å². The zero-order chi connectivity index (χ0) is 26.1. The summed E-state index contributed by atoms with van der Waals surface area (Å²) in [5.74, 6) is -0.208. The van der Waals surface area contributed by atoms with Crippen LogP contribution in [-0.4, -0.2) is 27.9 Å². The summed E-state index contributed by atoms with van der Waals surface area (Å²) in [6.07, 6.45) is 1.12. The summed E-state index contributed by atoms with van der Waals surface area (Å²) in [4.78, 5) is 21.9. The van der Waals surface area contributed by atoms with Crippen molar-refractivity contribution in [2.75, 3.05) is 5.32 Å². The van der Waals surface area contributed by atoms with Crippen molar-refractivity contribution >= 4 is 57.4 Å². The van der Waals surface area contributed by atoms with E-state index >= 15 is 0 Å². The molecule has 2 heterocycles. The third kappa shape index (κ3) is 5.15. The molecule has 5 rings (SSSR count). The molecule has 2 atom stereocenters. The van der Waals surface area contributed by atoms with E-state index in [2.05, 4.69) is 24.3 Å². The monoisotopic (exact) mass is 537 g/mol. The highest BCUT2D eigenvalue weighted by atomic mass is 35.5. The standard InChI is InChI=1S/C28H25Cl2N3O4/c1-15(2)26-18(25(33-37-26)24-19(29)8-4-9-20(24)30)12-13-23-32-22-11-5-10-21(27(22)36-23)31-17-7-3-6-16(14-17)28(34)35/h3-11,14-15,18,26,31H,12-13H2,1-2H3,(H,34,35). The molecule has 1 aliphatic heterocycles. The topological polar surface area (TPSA) is 97.0 Å². The molecule has 0 saturated heterocycles. The molecule has 0 spiro atoms. The van der Waals surface area contributed by atoms with Gasteiger partial charge in [0.15, 0.2) is 11.5 Å². The first-order valence-corrected chi connectivity index (χ1v) is 12.7. The Kier molecular flexibility index (Phi) is 7.09. The van der Waals surface area contributed by atoms with Crippen LogP contribution in [0.3, 0.4) is 0 Å². The molecule has 190 valence electrons. The molecule has 0 radical (unpaired) electrons. The van der Waals surface area contributed by atoms with E-state index in [-0.39, 0.29) is 23.5 Å². The van der Waals surface area contributed by atoms with Crippen LogP contribution in [0.15, 0.2) is 70.2 Å². The highest BCUT2D eigenvalue weighted by Gasteiger charge is 2.38. The Morgan fingerprint density at radius 1 is 1.08 bits per heavy atom.